The van der Waals surface area contributed by atoms with Gasteiger partial charge in [-0.2, -0.15) is 21.6 Å². The Kier molecular flexibility index (Phi) is 11.8. The number of esters is 2. The molecule has 0 amide bonds. The maximum absolute atomic E-state index is 14.3. The Bertz CT molecular complexity index is 1830. The summed E-state index contributed by atoms with van der Waals surface area (Å²) < 4.78 is 98.1. The van der Waals surface area contributed by atoms with Crippen molar-refractivity contribution in [3.63, 3.8) is 0 Å². The number of ether oxygens (including phenoxy) is 4. The van der Waals surface area contributed by atoms with E-state index in [-0.39, 0.29) is 16.4 Å². The topological polar surface area (TPSA) is 114 Å². The van der Waals surface area contributed by atoms with Gasteiger partial charge in [-0.15, -0.1) is 0 Å². The van der Waals surface area contributed by atoms with Crippen molar-refractivity contribution in [1.29, 1.82) is 0 Å². The van der Waals surface area contributed by atoms with Crippen LogP contribution in [-0.2, 0) is 39.0 Å². The van der Waals surface area contributed by atoms with Gasteiger partial charge in [0.15, 0.2) is 13.2 Å². The van der Waals surface area contributed by atoms with E-state index in [2.05, 4.69) is 0 Å². The lowest BCUT2D eigenvalue weighted by Crippen LogP contribution is -2.28. The molecule has 0 bridgehead atoms. The van der Waals surface area contributed by atoms with Crippen LogP contribution in [0, 0.1) is 0 Å². The van der Waals surface area contributed by atoms with E-state index in [4.69, 9.17) is 22.6 Å². The van der Waals surface area contributed by atoms with Crippen molar-refractivity contribution in [2.24, 2.45) is 0 Å². The second kappa shape index (κ2) is 15.4. The quantitative estimate of drug-likeness (QED) is 0.131. The lowest BCUT2D eigenvalue weighted by atomic mass is 10.2. The Morgan fingerprint density at radius 3 is 1.35 bits per heavy atom. The standard InChI is InChI=1S/C37H39F3O9S2/c1-35(2,3)47-32(41)24-45-30-18-13-19-31(46-25-33(42)48-36(4,5)6)34(30)50(27-14-9-7-10-15-27,28-16-11-8-12-17-28)49-51(43,44)29-22-20-26(21-23-29)37(38,39)40/h7-23H,24-25H2,1-6H3. The molecule has 0 heterocycles. The summed E-state index contributed by atoms with van der Waals surface area (Å²) in [6, 6.07) is 23.9. The Morgan fingerprint density at radius 2 is 0.980 bits per heavy atom. The number of carbonyl (C=O) groups excluding carboxylic acids is 2. The molecule has 4 aromatic carbocycles. The van der Waals surface area contributed by atoms with E-state index < -0.39 is 73.4 Å². The smallest absolute Gasteiger partial charge is 0.416 e. The first-order valence-corrected chi connectivity index (χ1v) is 18.6. The molecule has 0 aliphatic rings. The molecule has 0 aliphatic carbocycles. The molecule has 0 N–H and O–H groups in total. The molecular formula is C37H39F3O9S2. The van der Waals surface area contributed by atoms with Crippen LogP contribution in [0.15, 0.2) is 123 Å². The largest absolute Gasteiger partial charge is 0.481 e. The maximum Gasteiger partial charge on any atom is 0.416 e. The van der Waals surface area contributed by atoms with Crippen LogP contribution in [0.5, 0.6) is 11.5 Å². The van der Waals surface area contributed by atoms with Gasteiger partial charge in [0.2, 0.25) is 0 Å². The number of alkyl halides is 3. The predicted molar refractivity (Wildman–Crippen MR) is 184 cm³/mol. The van der Waals surface area contributed by atoms with E-state index in [1.165, 1.54) is 18.2 Å². The summed E-state index contributed by atoms with van der Waals surface area (Å²) in [4.78, 5) is 25.7. The molecular weight excluding hydrogens is 710 g/mol. The molecule has 0 aliphatic heterocycles. The van der Waals surface area contributed by atoms with Gasteiger partial charge < -0.3 is 18.9 Å². The van der Waals surface area contributed by atoms with Gasteiger partial charge in [-0.25, -0.2) is 13.2 Å². The fraction of sp³-hybridized carbons (Fsp3) is 0.297. The van der Waals surface area contributed by atoms with Crippen molar-refractivity contribution >= 4 is 32.4 Å². The molecule has 0 fully saturated rings. The molecule has 0 atom stereocenters. The fourth-order valence-electron chi connectivity index (χ4n) is 4.71. The lowest BCUT2D eigenvalue weighted by molar-refractivity contribution is -0.158. The maximum atomic E-state index is 14.3. The molecule has 4 rings (SSSR count). The number of hydrogen-bond donors (Lipinski definition) is 0. The zero-order valence-corrected chi connectivity index (χ0v) is 30.5. The Labute approximate surface area is 297 Å². The van der Waals surface area contributed by atoms with Crippen molar-refractivity contribution in [3.05, 3.63) is 109 Å². The highest BCUT2D eigenvalue weighted by molar-refractivity contribution is 8.33. The van der Waals surface area contributed by atoms with Gasteiger partial charge in [0.05, 0.1) is 10.5 Å². The third-order valence-corrected chi connectivity index (χ3v) is 11.8. The Morgan fingerprint density at radius 1 is 0.569 bits per heavy atom. The van der Waals surface area contributed by atoms with Gasteiger partial charge in [-0.1, -0.05) is 42.5 Å². The molecule has 14 heteroatoms. The van der Waals surface area contributed by atoms with E-state index in [1.807, 2.05) is 0 Å². The van der Waals surface area contributed by atoms with Crippen LogP contribution in [0.2, 0.25) is 0 Å². The molecule has 0 aromatic heterocycles. The normalized spacial score (nSPS) is 12.9. The Balaban J connectivity index is 2.01. The zero-order valence-electron chi connectivity index (χ0n) is 28.9. The first kappa shape index (κ1) is 39.3. The molecule has 0 radical (unpaired) electrons. The van der Waals surface area contributed by atoms with Crippen LogP contribution < -0.4 is 9.47 Å². The molecule has 51 heavy (non-hydrogen) atoms. The van der Waals surface area contributed by atoms with E-state index in [0.29, 0.717) is 21.9 Å². The summed E-state index contributed by atoms with van der Waals surface area (Å²) in [5.74, 6) is -1.56. The molecule has 0 unspecified atom stereocenters. The molecule has 0 saturated carbocycles. The summed E-state index contributed by atoms with van der Waals surface area (Å²) in [5.41, 5.74) is -2.74. The van der Waals surface area contributed by atoms with Gasteiger partial charge in [-0.05, 0) is 113 Å². The minimum atomic E-state index is -4.89. The van der Waals surface area contributed by atoms with Crippen LogP contribution in [0.3, 0.4) is 0 Å². The number of halogens is 3. The van der Waals surface area contributed by atoms with Crippen LogP contribution >= 0.6 is 10.3 Å². The third kappa shape index (κ3) is 10.3. The highest BCUT2D eigenvalue weighted by Gasteiger charge is 2.43. The summed E-state index contributed by atoms with van der Waals surface area (Å²) in [6.45, 7) is 8.88. The van der Waals surface area contributed by atoms with E-state index >= 15 is 0 Å². The van der Waals surface area contributed by atoms with Crippen molar-refractivity contribution < 1.29 is 53.8 Å². The van der Waals surface area contributed by atoms with Crippen molar-refractivity contribution in [1.82, 2.24) is 0 Å². The Hall–Kier alpha value is -4.53. The average molecular weight is 749 g/mol. The second-order valence-corrected chi connectivity index (χ2v) is 17.4. The van der Waals surface area contributed by atoms with Gasteiger partial charge in [0.1, 0.15) is 27.6 Å². The van der Waals surface area contributed by atoms with Gasteiger partial charge in [0.25, 0.3) is 0 Å². The van der Waals surface area contributed by atoms with E-state index in [9.17, 15) is 31.2 Å². The number of hydrogen-bond acceptors (Lipinski definition) is 9. The average Bonchev–Trinajstić information content (AvgIpc) is 3.04. The van der Waals surface area contributed by atoms with Crippen LogP contribution in [0.1, 0.15) is 47.1 Å². The lowest BCUT2D eigenvalue weighted by Gasteiger charge is -2.40. The molecule has 0 saturated heterocycles. The van der Waals surface area contributed by atoms with Crippen molar-refractivity contribution in [3.8, 4) is 11.5 Å². The summed E-state index contributed by atoms with van der Waals surface area (Å²) >= 11 is 0. The number of benzene rings is 4. The molecule has 9 nitrogen and oxygen atoms in total. The monoisotopic (exact) mass is 748 g/mol. The molecule has 4 aromatic rings. The van der Waals surface area contributed by atoms with Gasteiger partial charge >= 0.3 is 28.2 Å². The summed E-state index contributed by atoms with van der Waals surface area (Å²) in [5, 5.41) is 0. The molecule has 0 spiro atoms. The number of rotatable bonds is 12. The predicted octanol–water partition coefficient (Wildman–Crippen LogP) is 8.75. The van der Waals surface area contributed by atoms with Crippen LogP contribution in [0.4, 0.5) is 13.2 Å². The van der Waals surface area contributed by atoms with E-state index in [1.54, 1.807) is 102 Å². The third-order valence-electron chi connectivity index (χ3n) is 6.57. The summed E-state index contributed by atoms with van der Waals surface area (Å²) in [7, 11) is -8.46. The first-order valence-electron chi connectivity index (χ1n) is 15.6. The highest BCUT2D eigenvalue weighted by atomic mass is 32.3. The fourth-order valence-corrected chi connectivity index (χ4v) is 10.1. The molecule has 274 valence electrons. The first-order chi connectivity index (χ1) is 23.7. The van der Waals surface area contributed by atoms with E-state index in [0.717, 1.165) is 12.1 Å². The zero-order chi connectivity index (χ0) is 37.7. The van der Waals surface area contributed by atoms with Gasteiger partial charge in [-0.3, -0.25) is 0 Å². The SMILES string of the molecule is CC(C)(C)OC(=O)COc1cccc(OCC(=O)OC(C)(C)C)c1S(OS(=O)(=O)c1ccc(C(F)(F)F)cc1)(c1ccccc1)c1ccccc1. The second-order valence-electron chi connectivity index (χ2n) is 13.1. The van der Waals surface area contributed by atoms with Crippen LogP contribution in [-0.4, -0.2) is 44.8 Å². The van der Waals surface area contributed by atoms with Crippen molar-refractivity contribution in [2.45, 2.75) is 78.5 Å². The minimum absolute atomic E-state index is 0.00463. The summed E-state index contributed by atoms with van der Waals surface area (Å²) in [6.07, 6.45) is -4.71. The highest BCUT2D eigenvalue weighted by Crippen LogP contribution is 2.74. The van der Waals surface area contributed by atoms with Gasteiger partial charge in [0, 0.05) is 9.79 Å². The number of carbonyl (C=O) groups is 2. The van der Waals surface area contributed by atoms with Crippen molar-refractivity contribution in [2.75, 3.05) is 13.2 Å². The minimum Gasteiger partial charge on any atom is -0.481 e. The van der Waals surface area contributed by atoms with Crippen LogP contribution in [0.25, 0.3) is 0 Å².